The first-order valence-electron chi connectivity index (χ1n) is 2.88. The van der Waals surface area contributed by atoms with Crippen LogP contribution in [0.2, 0.25) is 10.0 Å². The maximum atomic E-state index is 11.9. The maximum absolute atomic E-state index is 11.9. The monoisotopic (exact) mass is 210 g/mol. The normalized spacial score (nSPS) is 10.1. The topological polar surface area (TPSA) is 0 Å². The minimum absolute atomic E-state index is 0.428. The second-order valence-corrected chi connectivity index (χ2v) is 3.54. The Labute approximate surface area is 78.7 Å². The van der Waals surface area contributed by atoms with E-state index < -0.39 is 6.01 Å². The molecule has 0 bridgehead atoms. The summed E-state index contributed by atoms with van der Waals surface area (Å²) in [5.74, 6) is 0. The molecule has 1 aromatic rings. The molecule has 0 aromatic heterocycles. The molecule has 0 fully saturated rings. The van der Waals surface area contributed by atoms with Gasteiger partial charge in [-0.25, -0.2) is 4.39 Å². The minimum atomic E-state index is -0.486. The van der Waals surface area contributed by atoms with Crippen LogP contribution in [0.5, 0.6) is 0 Å². The highest BCUT2D eigenvalue weighted by Crippen LogP contribution is 2.32. The van der Waals surface area contributed by atoms with Crippen molar-refractivity contribution in [1.82, 2.24) is 0 Å². The largest absolute Gasteiger partial charge is 0.239 e. The van der Waals surface area contributed by atoms with E-state index in [2.05, 4.69) is 0 Å². The van der Waals surface area contributed by atoms with E-state index in [1.165, 1.54) is 0 Å². The van der Waals surface area contributed by atoms with E-state index in [1.54, 1.807) is 18.2 Å². The van der Waals surface area contributed by atoms with Gasteiger partial charge in [-0.2, -0.15) is 0 Å². The average molecular weight is 211 g/mol. The lowest BCUT2D eigenvalue weighted by Crippen LogP contribution is -1.75. The molecule has 1 aromatic carbocycles. The first kappa shape index (κ1) is 9.17. The Morgan fingerprint density at radius 2 is 2.09 bits per heavy atom. The summed E-state index contributed by atoms with van der Waals surface area (Å²) in [4.78, 5) is 0.682. The van der Waals surface area contributed by atoms with Gasteiger partial charge in [-0.1, -0.05) is 41.0 Å². The zero-order valence-electron chi connectivity index (χ0n) is 5.48. The molecule has 4 heteroatoms. The first-order valence-corrected chi connectivity index (χ1v) is 4.62. The van der Waals surface area contributed by atoms with Crippen LogP contribution in [0.4, 0.5) is 4.39 Å². The Kier molecular flexibility index (Phi) is 3.49. The van der Waals surface area contributed by atoms with E-state index in [0.29, 0.717) is 14.9 Å². The highest BCUT2D eigenvalue weighted by Gasteiger charge is 2.03. The van der Waals surface area contributed by atoms with Crippen LogP contribution in [0.25, 0.3) is 0 Å². The van der Waals surface area contributed by atoms with Crippen LogP contribution < -0.4 is 0 Å². The lowest BCUT2D eigenvalue weighted by atomic mass is 10.4. The fourth-order valence-electron chi connectivity index (χ4n) is 0.654. The molecule has 0 unspecified atom stereocenters. The zero-order valence-corrected chi connectivity index (χ0v) is 7.81. The highest BCUT2D eigenvalue weighted by atomic mass is 35.5. The number of halogens is 3. The molecule has 11 heavy (non-hydrogen) atoms. The van der Waals surface area contributed by atoms with Crippen LogP contribution in [0, 0.1) is 0 Å². The molecule has 0 atom stereocenters. The summed E-state index contributed by atoms with van der Waals surface area (Å²) in [5, 5.41) is 0.891. The number of thioether (sulfide) groups is 1. The predicted molar refractivity (Wildman–Crippen MR) is 48.3 cm³/mol. The average Bonchev–Trinajstić information content (AvgIpc) is 1.99. The molecule has 0 saturated heterocycles. The fraction of sp³-hybridized carbons (Fsp3) is 0.143. The van der Waals surface area contributed by atoms with Crippen molar-refractivity contribution >= 4 is 35.0 Å². The summed E-state index contributed by atoms with van der Waals surface area (Å²) < 4.78 is 11.9. The Morgan fingerprint density at radius 1 is 1.36 bits per heavy atom. The van der Waals surface area contributed by atoms with Crippen molar-refractivity contribution in [3.63, 3.8) is 0 Å². The molecule has 0 heterocycles. The van der Waals surface area contributed by atoms with E-state index in [0.717, 1.165) is 11.8 Å². The van der Waals surface area contributed by atoms with Crippen molar-refractivity contribution in [2.45, 2.75) is 4.90 Å². The summed E-state index contributed by atoms with van der Waals surface area (Å²) in [6.07, 6.45) is 0. The number of alkyl halides is 1. The van der Waals surface area contributed by atoms with Gasteiger partial charge in [0.15, 0.2) is 0 Å². The summed E-state index contributed by atoms with van der Waals surface area (Å²) in [5.41, 5.74) is 0. The van der Waals surface area contributed by atoms with Crippen molar-refractivity contribution < 1.29 is 4.39 Å². The van der Waals surface area contributed by atoms with Crippen molar-refractivity contribution in [3.05, 3.63) is 28.2 Å². The summed E-state index contributed by atoms with van der Waals surface area (Å²) in [7, 11) is 0. The Bertz CT molecular complexity index is 252. The van der Waals surface area contributed by atoms with Crippen LogP contribution >= 0.6 is 35.0 Å². The molecule has 0 amide bonds. The van der Waals surface area contributed by atoms with Gasteiger partial charge in [-0.3, -0.25) is 0 Å². The van der Waals surface area contributed by atoms with E-state index in [9.17, 15) is 4.39 Å². The predicted octanol–water partition coefficient (Wildman–Crippen LogP) is 4.01. The number of benzene rings is 1. The Balaban J connectivity index is 2.96. The number of rotatable bonds is 2. The summed E-state index contributed by atoms with van der Waals surface area (Å²) in [6.45, 7) is 0. The molecule has 0 radical (unpaired) electrons. The van der Waals surface area contributed by atoms with Gasteiger partial charge in [-0.15, -0.1) is 0 Å². The third-order valence-electron chi connectivity index (χ3n) is 1.13. The van der Waals surface area contributed by atoms with Crippen LogP contribution in [0.15, 0.2) is 23.1 Å². The van der Waals surface area contributed by atoms with Crippen molar-refractivity contribution in [3.8, 4) is 0 Å². The molecule has 0 saturated carbocycles. The molecule has 0 N–H and O–H groups in total. The van der Waals surface area contributed by atoms with E-state index in [4.69, 9.17) is 23.2 Å². The van der Waals surface area contributed by atoms with Gasteiger partial charge in [0.1, 0.15) is 6.01 Å². The fourth-order valence-corrected chi connectivity index (χ4v) is 1.70. The third kappa shape index (κ3) is 2.26. The standard InChI is InChI=1S/C7H5Cl2FS/c8-5-2-1-3-6(7(5)9)11-4-10/h1-3H,4H2. The molecule has 0 aliphatic heterocycles. The number of hydrogen-bond acceptors (Lipinski definition) is 1. The van der Waals surface area contributed by atoms with Gasteiger partial charge < -0.3 is 0 Å². The van der Waals surface area contributed by atoms with Gasteiger partial charge in [0, 0.05) is 4.90 Å². The van der Waals surface area contributed by atoms with E-state index in [-0.39, 0.29) is 0 Å². The zero-order chi connectivity index (χ0) is 8.27. The number of hydrogen-bond donors (Lipinski definition) is 0. The first-order chi connectivity index (χ1) is 5.25. The van der Waals surface area contributed by atoms with E-state index in [1.807, 2.05) is 0 Å². The summed E-state index contributed by atoms with van der Waals surface area (Å²) >= 11 is 12.5. The minimum Gasteiger partial charge on any atom is -0.239 e. The maximum Gasteiger partial charge on any atom is 0.139 e. The second-order valence-electron chi connectivity index (χ2n) is 1.81. The Hall–Kier alpha value is 0.0800. The second kappa shape index (κ2) is 4.19. The highest BCUT2D eigenvalue weighted by molar-refractivity contribution is 7.99. The van der Waals surface area contributed by atoms with Gasteiger partial charge in [0.05, 0.1) is 10.0 Å². The lowest BCUT2D eigenvalue weighted by Gasteiger charge is -2.00. The Morgan fingerprint density at radius 3 is 2.73 bits per heavy atom. The van der Waals surface area contributed by atoms with Crippen LogP contribution in [-0.4, -0.2) is 6.01 Å². The lowest BCUT2D eigenvalue weighted by molar-refractivity contribution is 0.606. The van der Waals surface area contributed by atoms with Crippen LogP contribution in [-0.2, 0) is 0 Å². The van der Waals surface area contributed by atoms with E-state index >= 15 is 0 Å². The van der Waals surface area contributed by atoms with Crippen LogP contribution in [0.1, 0.15) is 0 Å². The van der Waals surface area contributed by atoms with Gasteiger partial charge in [0.2, 0.25) is 0 Å². The van der Waals surface area contributed by atoms with Gasteiger partial charge in [-0.05, 0) is 12.1 Å². The molecule has 60 valence electrons. The SMILES string of the molecule is FCSc1cccc(Cl)c1Cl. The van der Waals surface area contributed by atoms with Gasteiger partial charge >= 0.3 is 0 Å². The molecular formula is C7H5Cl2FS. The molecule has 0 spiro atoms. The smallest absolute Gasteiger partial charge is 0.139 e. The van der Waals surface area contributed by atoms with Crippen molar-refractivity contribution in [2.24, 2.45) is 0 Å². The van der Waals surface area contributed by atoms with Crippen molar-refractivity contribution in [1.29, 1.82) is 0 Å². The molecule has 0 aliphatic rings. The molecule has 0 aliphatic carbocycles. The summed E-state index contributed by atoms with van der Waals surface area (Å²) in [6, 6.07) is 4.66. The molecule has 0 nitrogen and oxygen atoms in total. The third-order valence-corrected chi connectivity index (χ3v) is 2.82. The molecule has 1 rings (SSSR count). The van der Waals surface area contributed by atoms with Crippen LogP contribution in [0.3, 0.4) is 0 Å². The quantitative estimate of drug-likeness (QED) is 0.666. The van der Waals surface area contributed by atoms with Crippen molar-refractivity contribution in [2.75, 3.05) is 6.01 Å². The van der Waals surface area contributed by atoms with Gasteiger partial charge in [0.25, 0.3) is 0 Å². The molecular weight excluding hydrogens is 206 g/mol.